The molecule has 0 bridgehead atoms. The van der Waals surface area contributed by atoms with Crippen LogP contribution in [0, 0.1) is 5.92 Å². The van der Waals surface area contributed by atoms with E-state index in [2.05, 4.69) is 20.3 Å². The van der Waals surface area contributed by atoms with Crippen molar-refractivity contribution >= 4 is 23.0 Å². The summed E-state index contributed by atoms with van der Waals surface area (Å²) in [5.41, 5.74) is 0.894. The lowest BCUT2D eigenvalue weighted by molar-refractivity contribution is -0.137. The molecule has 0 amide bonds. The molecule has 1 aromatic carbocycles. The van der Waals surface area contributed by atoms with E-state index in [1.807, 2.05) is 6.92 Å². The first-order valence-corrected chi connectivity index (χ1v) is 13.7. The molecule has 2 N–H and O–H groups in total. The van der Waals surface area contributed by atoms with Gasteiger partial charge in [-0.2, -0.15) is 13.2 Å². The highest BCUT2D eigenvalue weighted by molar-refractivity contribution is 5.92. The average Bonchev–Trinajstić information content (AvgIpc) is 3.23. The van der Waals surface area contributed by atoms with Crippen LogP contribution < -0.4 is 10.1 Å². The number of hydrogen-bond acceptors (Lipinski definition) is 7. The number of nitrogens with one attached hydrogen (secondary N) is 1. The topological polar surface area (TPSA) is 115 Å². The van der Waals surface area contributed by atoms with Gasteiger partial charge in [0.05, 0.1) is 11.7 Å². The van der Waals surface area contributed by atoms with Gasteiger partial charge in [0.2, 0.25) is 5.82 Å². The van der Waals surface area contributed by atoms with E-state index in [9.17, 15) is 23.1 Å². The van der Waals surface area contributed by atoms with E-state index in [-0.39, 0.29) is 24.3 Å². The number of aromatic nitrogens is 5. The minimum Gasteiger partial charge on any atom is -0.490 e. The first kappa shape index (κ1) is 27.0. The lowest BCUT2D eigenvalue weighted by Gasteiger charge is -2.32. The second-order valence-electron chi connectivity index (χ2n) is 10.8. The second kappa shape index (κ2) is 10.6. The SMILES string of the molecule is C[C@@H](Nc1nc(C(=O)O)nc2nc(-c3cc(OC4CCC4)ccn3)n(Cc3ccc(C(F)(F)F)cc3)c12)C1CCC1. The Morgan fingerprint density at radius 3 is 2.44 bits per heavy atom. The van der Waals surface area contributed by atoms with Gasteiger partial charge in [0.25, 0.3) is 0 Å². The Balaban J connectivity index is 1.48. The predicted molar refractivity (Wildman–Crippen MR) is 145 cm³/mol. The molecule has 0 aliphatic heterocycles. The number of fused-ring (bicyclic) bond motifs is 1. The number of anilines is 1. The summed E-state index contributed by atoms with van der Waals surface area (Å²) in [4.78, 5) is 29.7. The van der Waals surface area contributed by atoms with Crippen LogP contribution in [0.4, 0.5) is 19.0 Å². The number of nitrogens with zero attached hydrogens (tertiary/aromatic N) is 5. The van der Waals surface area contributed by atoms with Crippen molar-refractivity contribution in [2.75, 3.05) is 5.32 Å². The molecule has 2 aliphatic rings. The number of rotatable bonds is 9. The van der Waals surface area contributed by atoms with Crippen LogP contribution in [0.25, 0.3) is 22.7 Å². The largest absolute Gasteiger partial charge is 0.490 e. The van der Waals surface area contributed by atoms with Gasteiger partial charge in [0, 0.05) is 24.8 Å². The van der Waals surface area contributed by atoms with Crippen molar-refractivity contribution in [3.05, 3.63) is 59.5 Å². The molecule has 2 fully saturated rings. The molecule has 41 heavy (non-hydrogen) atoms. The third-order valence-corrected chi connectivity index (χ3v) is 7.95. The van der Waals surface area contributed by atoms with Gasteiger partial charge in [-0.05, 0) is 68.7 Å². The Hall–Kier alpha value is -4.22. The summed E-state index contributed by atoms with van der Waals surface area (Å²) in [6, 6.07) is 8.45. The number of aromatic carboxylic acids is 1. The fourth-order valence-electron chi connectivity index (χ4n) is 5.12. The number of halogens is 3. The first-order chi connectivity index (χ1) is 19.7. The second-order valence-corrected chi connectivity index (χ2v) is 10.8. The third-order valence-electron chi connectivity index (χ3n) is 7.95. The molecule has 214 valence electrons. The Kier molecular flexibility index (Phi) is 7.00. The van der Waals surface area contributed by atoms with Crippen molar-refractivity contribution in [3.8, 4) is 17.3 Å². The van der Waals surface area contributed by atoms with Crippen LogP contribution in [0.1, 0.15) is 67.2 Å². The summed E-state index contributed by atoms with van der Waals surface area (Å²) < 4.78 is 47.5. The monoisotopic (exact) mass is 566 g/mol. The summed E-state index contributed by atoms with van der Waals surface area (Å²) in [5.74, 6) is 0.0262. The number of carbonyl (C=O) groups is 1. The van der Waals surface area contributed by atoms with Gasteiger partial charge in [0.1, 0.15) is 17.0 Å². The molecule has 3 aromatic heterocycles. The van der Waals surface area contributed by atoms with E-state index in [1.54, 1.807) is 22.9 Å². The molecule has 4 aromatic rings. The zero-order chi connectivity index (χ0) is 28.7. The molecule has 2 aliphatic carbocycles. The minimum absolute atomic E-state index is 0.0127. The molecule has 6 rings (SSSR count). The summed E-state index contributed by atoms with van der Waals surface area (Å²) in [5, 5.41) is 13.1. The van der Waals surface area contributed by atoms with Gasteiger partial charge in [-0.3, -0.25) is 4.98 Å². The Morgan fingerprint density at radius 1 is 1.10 bits per heavy atom. The highest BCUT2D eigenvalue weighted by Crippen LogP contribution is 2.35. The van der Waals surface area contributed by atoms with Crippen molar-refractivity contribution in [3.63, 3.8) is 0 Å². The lowest BCUT2D eigenvalue weighted by Crippen LogP contribution is -2.31. The first-order valence-electron chi connectivity index (χ1n) is 13.7. The van der Waals surface area contributed by atoms with Crippen molar-refractivity contribution in [1.82, 2.24) is 24.5 Å². The molecule has 0 saturated heterocycles. The number of carboxylic acid groups (broad SMARTS) is 1. The summed E-state index contributed by atoms with van der Waals surface area (Å²) >= 11 is 0. The highest BCUT2D eigenvalue weighted by Gasteiger charge is 2.31. The fourth-order valence-corrected chi connectivity index (χ4v) is 5.12. The Bertz CT molecular complexity index is 1580. The van der Waals surface area contributed by atoms with Crippen molar-refractivity contribution < 1.29 is 27.8 Å². The summed E-state index contributed by atoms with van der Waals surface area (Å²) in [6.45, 7) is 2.15. The summed E-state index contributed by atoms with van der Waals surface area (Å²) in [7, 11) is 0. The molecular weight excluding hydrogens is 537 g/mol. The molecule has 0 spiro atoms. The molecule has 0 radical (unpaired) electrons. The van der Waals surface area contributed by atoms with Gasteiger partial charge >= 0.3 is 12.1 Å². The van der Waals surface area contributed by atoms with Crippen molar-refractivity contribution in [2.45, 2.75) is 70.3 Å². The van der Waals surface area contributed by atoms with Gasteiger partial charge in [-0.1, -0.05) is 18.6 Å². The van der Waals surface area contributed by atoms with Crippen LogP contribution in [-0.2, 0) is 12.7 Å². The van der Waals surface area contributed by atoms with E-state index in [0.29, 0.717) is 40.1 Å². The van der Waals surface area contributed by atoms with Crippen LogP contribution in [0.15, 0.2) is 42.6 Å². The van der Waals surface area contributed by atoms with E-state index < -0.39 is 23.5 Å². The quantitative estimate of drug-likeness (QED) is 0.247. The van der Waals surface area contributed by atoms with E-state index in [1.165, 1.54) is 12.1 Å². The zero-order valence-corrected chi connectivity index (χ0v) is 22.4. The number of alkyl halides is 3. The normalized spacial score (nSPS) is 16.7. The number of carboxylic acids is 1. The number of hydrogen-bond donors (Lipinski definition) is 2. The third kappa shape index (κ3) is 5.55. The lowest BCUT2D eigenvalue weighted by atomic mass is 9.80. The summed E-state index contributed by atoms with van der Waals surface area (Å²) in [6.07, 6.45) is 3.62. The zero-order valence-electron chi connectivity index (χ0n) is 22.4. The van der Waals surface area contributed by atoms with Crippen LogP contribution in [0.2, 0.25) is 0 Å². The Morgan fingerprint density at radius 2 is 1.83 bits per heavy atom. The van der Waals surface area contributed by atoms with Crippen molar-refractivity contribution in [2.24, 2.45) is 5.92 Å². The molecule has 1 atom stereocenters. The van der Waals surface area contributed by atoms with Crippen molar-refractivity contribution in [1.29, 1.82) is 0 Å². The molecule has 0 unspecified atom stereocenters. The Labute approximate surface area is 233 Å². The highest BCUT2D eigenvalue weighted by atomic mass is 19.4. The maximum Gasteiger partial charge on any atom is 0.416 e. The molecule has 9 nitrogen and oxygen atoms in total. The predicted octanol–water partition coefficient (Wildman–Crippen LogP) is 6.19. The number of benzene rings is 1. The maximum atomic E-state index is 13.2. The van der Waals surface area contributed by atoms with Gasteiger partial charge in [0.15, 0.2) is 17.3 Å². The van der Waals surface area contributed by atoms with Gasteiger partial charge < -0.3 is 19.7 Å². The molecule has 12 heteroatoms. The molecular formula is C29H29F3N6O3. The van der Waals surface area contributed by atoms with Gasteiger partial charge in [-0.25, -0.2) is 19.7 Å². The molecule has 2 saturated carbocycles. The standard InChI is InChI=1S/C29H29F3N6O3/c1-16(18-4-2-5-18)34-24-23-25(36-26(35-24)28(39)40)37-27(22-14-21(12-13-33-22)41-20-6-3-7-20)38(23)15-17-8-10-19(11-9-17)29(30,31)32/h8-14,16,18,20H,2-7,15H2,1H3,(H,39,40)(H,34,35,36)/t16-/m1/s1. The van der Waals surface area contributed by atoms with Crippen LogP contribution in [-0.4, -0.2) is 47.7 Å². The van der Waals surface area contributed by atoms with Crippen LogP contribution in [0.3, 0.4) is 0 Å². The van der Waals surface area contributed by atoms with Crippen LogP contribution >= 0.6 is 0 Å². The fraction of sp³-hybridized carbons (Fsp3) is 0.414. The number of imidazole rings is 1. The smallest absolute Gasteiger partial charge is 0.416 e. The average molecular weight is 567 g/mol. The molecule has 3 heterocycles. The minimum atomic E-state index is -4.45. The van der Waals surface area contributed by atoms with E-state index in [0.717, 1.165) is 50.7 Å². The number of ether oxygens (including phenoxy) is 1. The van der Waals surface area contributed by atoms with Gasteiger partial charge in [-0.15, -0.1) is 0 Å². The van der Waals surface area contributed by atoms with E-state index >= 15 is 0 Å². The van der Waals surface area contributed by atoms with Crippen LogP contribution in [0.5, 0.6) is 5.75 Å². The number of pyridine rings is 1. The maximum absolute atomic E-state index is 13.2. The van der Waals surface area contributed by atoms with E-state index in [4.69, 9.17) is 9.72 Å².